The third kappa shape index (κ3) is 3.42. The molecule has 4 nitrogen and oxygen atoms in total. The van der Waals surface area contributed by atoms with Crippen LogP contribution in [0, 0.1) is 10.1 Å². The maximum Gasteiger partial charge on any atom is 0.416 e. The van der Waals surface area contributed by atoms with Crippen molar-refractivity contribution in [3.05, 3.63) is 39.4 Å². The quantitative estimate of drug-likeness (QED) is 0.660. The molecule has 0 aliphatic heterocycles. The van der Waals surface area contributed by atoms with E-state index < -0.39 is 22.4 Å². The van der Waals surface area contributed by atoms with E-state index in [1.165, 1.54) is 0 Å². The summed E-state index contributed by atoms with van der Waals surface area (Å²) in [5, 5.41) is 10.7. The molecule has 7 heteroatoms. The van der Waals surface area contributed by atoms with Crippen LogP contribution in [0.2, 0.25) is 0 Å². The van der Waals surface area contributed by atoms with Gasteiger partial charge in [-0.15, -0.1) is 0 Å². The summed E-state index contributed by atoms with van der Waals surface area (Å²) in [4.78, 5) is 9.85. The Balaban J connectivity index is 3.22. The number of rotatable bonds is 3. The molecule has 2 N–H and O–H groups in total. The number of alkyl halides is 3. The van der Waals surface area contributed by atoms with Crippen molar-refractivity contribution in [3.8, 4) is 0 Å². The van der Waals surface area contributed by atoms with Gasteiger partial charge in [0.2, 0.25) is 0 Å². The third-order valence-electron chi connectivity index (χ3n) is 2.15. The van der Waals surface area contributed by atoms with Crippen LogP contribution in [-0.4, -0.2) is 11.0 Å². The van der Waals surface area contributed by atoms with Crippen molar-refractivity contribution >= 4 is 5.69 Å². The number of halogens is 3. The fourth-order valence-corrected chi connectivity index (χ4v) is 1.43. The number of nitro benzene ring substituents is 1. The molecular formula is C10H11F3N2O2. The van der Waals surface area contributed by atoms with E-state index in [0.717, 1.165) is 12.1 Å². The van der Waals surface area contributed by atoms with E-state index in [1.54, 1.807) is 6.92 Å². The van der Waals surface area contributed by atoms with E-state index >= 15 is 0 Å². The molecule has 17 heavy (non-hydrogen) atoms. The predicted octanol–water partition coefficient (Wildman–Crippen LogP) is 2.50. The lowest BCUT2D eigenvalue weighted by molar-refractivity contribution is -0.385. The second-order valence-electron chi connectivity index (χ2n) is 3.78. The second-order valence-corrected chi connectivity index (χ2v) is 3.78. The van der Waals surface area contributed by atoms with Crippen molar-refractivity contribution in [2.45, 2.75) is 25.6 Å². The van der Waals surface area contributed by atoms with Gasteiger partial charge in [-0.05, 0) is 19.4 Å². The molecule has 0 aliphatic rings. The van der Waals surface area contributed by atoms with Crippen LogP contribution < -0.4 is 5.73 Å². The van der Waals surface area contributed by atoms with E-state index in [2.05, 4.69) is 0 Å². The summed E-state index contributed by atoms with van der Waals surface area (Å²) in [6.45, 7) is 1.63. The molecule has 0 fully saturated rings. The lowest BCUT2D eigenvalue weighted by atomic mass is 10.0. The van der Waals surface area contributed by atoms with Crippen LogP contribution in [0.25, 0.3) is 0 Å². The highest BCUT2D eigenvalue weighted by Gasteiger charge is 2.32. The summed E-state index contributed by atoms with van der Waals surface area (Å²) >= 11 is 0. The first-order valence-electron chi connectivity index (χ1n) is 4.82. The molecule has 0 unspecified atom stereocenters. The number of nitrogens with zero attached hydrogens (tertiary/aromatic N) is 1. The fourth-order valence-electron chi connectivity index (χ4n) is 1.43. The summed E-state index contributed by atoms with van der Waals surface area (Å²) in [6, 6.07) is 2.11. The topological polar surface area (TPSA) is 69.2 Å². The molecule has 0 heterocycles. The molecule has 0 saturated carbocycles. The van der Waals surface area contributed by atoms with E-state index in [0.29, 0.717) is 6.07 Å². The first kappa shape index (κ1) is 13.4. The van der Waals surface area contributed by atoms with Crippen molar-refractivity contribution in [2.75, 3.05) is 0 Å². The Morgan fingerprint density at radius 3 is 2.47 bits per heavy atom. The van der Waals surface area contributed by atoms with Gasteiger partial charge in [-0.3, -0.25) is 10.1 Å². The summed E-state index contributed by atoms with van der Waals surface area (Å²) in [7, 11) is 0. The molecule has 1 aromatic carbocycles. The van der Waals surface area contributed by atoms with Gasteiger partial charge in [0, 0.05) is 17.7 Å². The van der Waals surface area contributed by atoms with Crippen molar-refractivity contribution < 1.29 is 18.1 Å². The monoisotopic (exact) mass is 248 g/mol. The van der Waals surface area contributed by atoms with E-state index in [-0.39, 0.29) is 18.0 Å². The van der Waals surface area contributed by atoms with Crippen molar-refractivity contribution in [3.63, 3.8) is 0 Å². The molecule has 0 radical (unpaired) electrons. The second kappa shape index (κ2) is 4.70. The molecular weight excluding hydrogens is 237 g/mol. The minimum atomic E-state index is -4.59. The summed E-state index contributed by atoms with van der Waals surface area (Å²) < 4.78 is 37.1. The van der Waals surface area contributed by atoms with Gasteiger partial charge in [0.15, 0.2) is 0 Å². The van der Waals surface area contributed by atoms with Crippen LogP contribution in [0.5, 0.6) is 0 Å². The highest BCUT2D eigenvalue weighted by atomic mass is 19.4. The van der Waals surface area contributed by atoms with Gasteiger partial charge in [-0.25, -0.2) is 0 Å². The van der Waals surface area contributed by atoms with Crippen LogP contribution >= 0.6 is 0 Å². The molecule has 0 aromatic heterocycles. The fraction of sp³-hybridized carbons (Fsp3) is 0.400. The van der Waals surface area contributed by atoms with Gasteiger partial charge < -0.3 is 5.73 Å². The zero-order valence-electron chi connectivity index (χ0n) is 8.99. The minimum absolute atomic E-state index is 0.161. The summed E-state index contributed by atoms with van der Waals surface area (Å²) in [5.41, 5.74) is 4.10. The van der Waals surface area contributed by atoms with Gasteiger partial charge in [-0.2, -0.15) is 13.2 Å². The smallest absolute Gasteiger partial charge is 0.328 e. The van der Waals surface area contributed by atoms with Crippen molar-refractivity contribution in [1.82, 2.24) is 0 Å². The first-order valence-corrected chi connectivity index (χ1v) is 4.82. The molecule has 0 bridgehead atoms. The first-order chi connectivity index (χ1) is 7.71. The Morgan fingerprint density at radius 1 is 1.47 bits per heavy atom. The van der Waals surface area contributed by atoms with Crippen LogP contribution in [0.1, 0.15) is 18.1 Å². The number of hydrogen-bond acceptors (Lipinski definition) is 3. The van der Waals surface area contributed by atoms with E-state index in [4.69, 9.17) is 5.73 Å². The molecule has 1 atom stereocenters. The largest absolute Gasteiger partial charge is 0.416 e. The highest BCUT2D eigenvalue weighted by Crippen LogP contribution is 2.33. The van der Waals surface area contributed by atoms with E-state index in [9.17, 15) is 23.3 Å². The average molecular weight is 248 g/mol. The van der Waals surface area contributed by atoms with Gasteiger partial charge >= 0.3 is 6.18 Å². The summed E-state index contributed by atoms with van der Waals surface area (Å²) in [6.07, 6.45) is -4.42. The number of hydrogen-bond donors (Lipinski definition) is 1. The van der Waals surface area contributed by atoms with Gasteiger partial charge in [-0.1, -0.05) is 6.07 Å². The van der Waals surface area contributed by atoms with Gasteiger partial charge in [0.25, 0.3) is 5.69 Å². The minimum Gasteiger partial charge on any atom is -0.328 e. The molecule has 0 aliphatic carbocycles. The molecule has 0 spiro atoms. The summed E-state index contributed by atoms with van der Waals surface area (Å²) in [5.74, 6) is 0. The molecule has 0 saturated heterocycles. The Labute approximate surface area is 95.4 Å². The maximum absolute atomic E-state index is 12.4. The Hall–Kier alpha value is -1.63. The normalized spacial score (nSPS) is 13.5. The van der Waals surface area contributed by atoms with Crippen LogP contribution in [0.3, 0.4) is 0 Å². The zero-order chi connectivity index (χ0) is 13.2. The number of nitro groups is 1. The Bertz CT molecular complexity index is 430. The van der Waals surface area contributed by atoms with Crippen LogP contribution in [0.4, 0.5) is 18.9 Å². The van der Waals surface area contributed by atoms with Gasteiger partial charge in [0.1, 0.15) is 0 Å². The maximum atomic E-state index is 12.4. The molecule has 94 valence electrons. The van der Waals surface area contributed by atoms with Crippen LogP contribution in [-0.2, 0) is 12.6 Å². The predicted molar refractivity (Wildman–Crippen MR) is 55.5 cm³/mol. The number of benzene rings is 1. The standard InChI is InChI=1S/C10H11F3N2O2/c1-6(14)4-7-2-3-8(10(11,12)13)5-9(7)15(16)17/h2-3,5-6H,4,14H2,1H3/t6-/m1/s1. The molecule has 1 aromatic rings. The Kier molecular flexibility index (Phi) is 3.72. The lowest BCUT2D eigenvalue weighted by Gasteiger charge is -2.10. The van der Waals surface area contributed by atoms with E-state index in [1.807, 2.05) is 0 Å². The Morgan fingerprint density at radius 2 is 2.06 bits per heavy atom. The van der Waals surface area contributed by atoms with Crippen LogP contribution in [0.15, 0.2) is 18.2 Å². The van der Waals surface area contributed by atoms with Crippen molar-refractivity contribution in [2.24, 2.45) is 5.73 Å². The average Bonchev–Trinajstić information content (AvgIpc) is 2.15. The third-order valence-corrected chi connectivity index (χ3v) is 2.15. The highest BCUT2D eigenvalue weighted by molar-refractivity contribution is 5.44. The van der Waals surface area contributed by atoms with Crippen molar-refractivity contribution in [1.29, 1.82) is 0 Å². The molecule has 0 amide bonds. The number of nitrogens with two attached hydrogens (primary N) is 1. The SMILES string of the molecule is C[C@@H](N)Cc1ccc(C(F)(F)F)cc1[N+](=O)[O-]. The van der Waals surface area contributed by atoms with Gasteiger partial charge in [0.05, 0.1) is 10.5 Å². The lowest BCUT2D eigenvalue weighted by Crippen LogP contribution is -2.18. The zero-order valence-corrected chi connectivity index (χ0v) is 8.99. The molecule has 1 rings (SSSR count).